The third-order valence-corrected chi connectivity index (χ3v) is 3.85. The van der Waals surface area contributed by atoms with Crippen LogP contribution in [0.2, 0.25) is 0 Å². The van der Waals surface area contributed by atoms with E-state index in [1.54, 1.807) is 19.2 Å². The number of anilines is 2. The predicted molar refractivity (Wildman–Crippen MR) is 101 cm³/mol. The molecule has 2 N–H and O–H groups in total. The monoisotopic (exact) mass is 375 g/mol. The molecular formula is C18H21N3O6. The topological polar surface area (TPSA) is 112 Å². The fourth-order valence-corrected chi connectivity index (χ4v) is 2.44. The highest BCUT2D eigenvalue weighted by molar-refractivity contribution is 5.96. The van der Waals surface area contributed by atoms with Crippen molar-refractivity contribution in [2.75, 3.05) is 38.5 Å². The van der Waals surface area contributed by atoms with Gasteiger partial charge in [0, 0.05) is 11.8 Å². The van der Waals surface area contributed by atoms with Gasteiger partial charge < -0.3 is 24.8 Å². The third-order valence-electron chi connectivity index (χ3n) is 3.85. The zero-order valence-electron chi connectivity index (χ0n) is 15.5. The SMILES string of the molecule is COc1ccc(NC(=O)CNc2cc(OC)c(OC)cc2C)c([N+](=O)[O-])c1. The third kappa shape index (κ3) is 4.78. The maximum Gasteiger partial charge on any atom is 0.296 e. The quantitative estimate of drug-likeness (QED) is 0.539. The number of aryl methyl sites for hydroxylation is 1. The van der Waals surface area contributed by atoms with E-state index >= 15 is 0 Å². The van der Waals surface area contributed by atoms with Crippen molar-refractivity contribution in [3.8, 4) is 17.2 Å². The average Bonchev–Trinajstić information content (AvgIpc) is 2.66. The summed E-state index contributed by atoms with van der Waals surface area (Å²) in [7, 11) is 4.47. The molecule has 144 valence electrons. The molecule has 9 nitrogen and oxygen atoms in total. The van der Waals surface area contributed by atoms with Gasteiger partial charge in [0.15, 0.2) is 11.5 Å². The minimum atomic E-state index is -0.579. The number of nitro groups is 1. The van der Waals surface area contributed by atoms with Gasteiger partial charge in [-0.2, -0.15) is 0 Å². The van der Waals surface area contributed by atoms with Crippen LogP contribution in [0.25, 0.3) is 0 Å². The Kier molecular flexibility index (Phi) is 6.42. The molecule has 1 amide bonds. The maximum atomic E-state index is 12.2. The standard InChI is InChI=1S/C18H21N3O6/c1-11-7-16(26-3)17(27-4)9-14(11)19-10-18(22)20-13-6-5-12(25-2)8-15(13)21(23)24/h5-9,19H,10H2,1-4H3,(H,20,22). The smallest absolute Gasteiger partial charge is 0.296 e. The molecule has 0 bridgehead atoms. The summed E-state index contributed by atoms with van der Waals surface area (Å²) in [5.41, 5.74) is 1.39. The number of carbonyl (C=O) groups is 1. The summed E-state index contributed by atoms with van der Waals surface area (Å²) in [4.78, 5) is 22.8. The molecule has 2 aromatic rings. The van der Waals surface area contributed by atoms with Crippen LogP contribution in [0.5, 0.6) is 17.2 Å². The van der Waals surface area contributed by atoms with E-state index < -0.39 is 10.8 Å². The van der Waals surface area contributed by atoms with Crippen LogP contribution in [0.1, 0.15) is 5.56 Å². The van der Waals surface area contributed by atoms with Crippen LogP contribution in [0.3, 0.4) is 0 Å². The fraction of sp³-hybridized carbons (Fsp3) is 0.278. The molecule has 0 unspecified atom stereocenters. The van der Waals surface area contributed by atoms with Crippen LogP contribution in [0.4, 0.5) is 17.1 Å². The Balaban J connectivity index is 2.10. The van der Waals surface area contributed by atoms with Crippen molar-refractivity contribution in [3.63, 3.8) is 0 Å². The Hall–Kier alpha value is -3.49. The largest absolute Gasteiger partial charge is 0.496 e. The first-order valence-corrected chi connectivity index (χ1v) is 7.98. The molecule has 0 saturated carbocycles. The van der Waals surface area contributed by atoms with Crippen molar-refractivity contribution in [1.29, 1.82) is 0 Å². The van der Waals surface area contributed by atoms with Crippen molar-refractivity contribution in [2.45, 2.75) is 6.92 Å². The predicted octanol–water partition coefficient (Wildman–Crippen LogP) is 2.98. The number of methoxy groups -OCH3 is 3. The molecule has 0 atom stereocenters. The highest BCUT2D eigenvalue weighted by atomic mass is 16.6. The molecule has 0 aliphatic heterocycles. The molecule has 0 radical (unpaired) electrons. The molecule has 0 heterocycles. The van der Waals surface area contributed by atoms with Crippen LogP contribution in [-0.4, -0.2) is 38.7 Å². The summed E-state index contributed by atoms with van der Waals surface area (Å²) in [5.74, 6) is 1.01. The van der Waals surface area contributed by atoms with E-state index in [1.165, 1.54) is 32.4 Å². The lowest BCUT2D eigenvalue weighted by molar-refractivity contribution is -0.384. The summed E-state index contributed by atoms with van der Waals surface area (Å²) < 4.78 is 15.4. The lowest BCUT2D eigenvalue weighted by Crippen LogP contribution is -2.22. The van der Waals surface area contributed by atoms with E-state index in [0.717, 1.165) is 5.56 Å². The number of nitrogens with one attached hydrogen (secondary N) is 2. The molecule has 27 heavy (non-hydrogen) atoms. The summed E-state index contributed by atoms with van der Waals surface area (Å²) in [6, 6.07) is 7.72. The molecule has 0 aliphatic rings. The summed E-state index contributed by atoms with van der Waals surface area (Å²) in [6.45, 7) is 1.77. The van der Waals surface area contributed by atoms with E-state index in [2.05, 4.69) is 10.6 Å². The lowest BCUT2D eigenvalue weighted by atomic mass is 10.1. The maximum absolute atomic E-state index is 12.2. The molecule has 2 rings (SSSR count). The minimum Gasteiger partial charge on any atom is -0.496 e. The molecular weight excluding hydrogens is 354 g/mol. The summed E-state index contributed by atoms with van der Waals surface area (Å²) in [6.07, 6.45) is 0. The first-order valence-electron chi connectivity index (χ1n) is 7.98. The fourth-order valence-electron chi connectivity index (χ4n) is 2.44. The van der Waals surface area contributed by atoms with Crippen molar-refractivity contribution in [1.82, 2.24) is 0 Å². The van der Waals surface area contributed by atoms with Gasteiger partial charge in [-0.05, 0) is 30.7 Å². The van der Waals surface area contributed by atoms with Gasteiger partial charge in [0.2, 0.25) is 5.91 Å². The van der Waals surface area contributed by atoms with Gasteiger partial charge in [-0.3, -0.25) is 14.9 Å². The second-order valence-electron chi connectivity index (χ2n) is 5.56. The Labute approximate surface area is 156 Å². The van der Waals surface area contributed by atoms with Crippen LogP contribution in [0.15, 0.2) is 30.3 Å². The highest BCUT2D eigenvalue weighted by Crippen LogP contribution is 2.33. The molecule has 0 saturated heterocycles. The van der Waals surface area contributed by atoms with E-state index in [1.807, 2.05) is 6.92 Å². The van der Waals surface area contributed by atoms with E-state index in [9.17, 15) is 14.9 Å². The normalized spacial score (nSPS) is 10.1. The van der Waals surface area contributed by atoms with E-state index in [4.69, 9.17) is 14.2 Å². The average molecular weight is 375 g/mol. The number of hydrogen-bond donors (Lipinski definition) is 2. The zero-order chi connectivity index (χ0) is 20.0. The Morgan fingerprint density at radius 1 is 1.04 bits per heavy atom. The number of ether oxygens (including phenoxy) is 3. The molecule has 0 fully saturated rings. The minimum absolute atomic E-state index is 0.0838. The van der Waals surface area contributed by atoms with Gasteiger partial charge in [-0.15, -0.1) is 0 Å². The van der Waals surface area contributed by atoms with Crippen LogP contribution < -0.4 is 24.8 Å². The Morgan fingerprint density at radius 3 is 2.30 bits per heavy atom. The van der Waals surface area contributed by atoms with E-state index in [0.29, 0.717) is 22.9 Å². The molecule has 0 aliphatic carbocycles. The molecule has 0 aromatic heterocycles. The number of nitrogens with zero attached hydrogens (tertiary/aromatic N) is 1. The number of benzene rings is 2. The number of rotatable bonds is 8. The van der Waals surface area contributed by atoms with Crippen molar-refractivity contribution in [2.24, 2.45) is 0 Å². The van der Waals surface area contributed by atoms with Gasteiger partial charge in [-0.1, -0.05) is 0 Å². The van der Waals surface area contributed by atoms with Crippen LogP contribution in [0, 0.1) is 17.0 Å². The lowest BCUT2D eigenvalue weighted by Gasteiger charge is -2.14. The number of carbonyl (C=O) groups excluding carboxylic acids is 1. The van der Waals surface area contributed by atoms with Crippen LogP contribution in [-0.2, 0) is 4.79 Å². The summed E-state index contributed by atoms with van der Waals surface area (Å²) >= 11 is 0. The van der Waals surface area contributed by atoms with Gasteiger partial charge >= 0.3 is 0 Å². The Bertz CT molecular complexity index is 853. The Morgan fingerprint density at radius 2 is 1.70 bits per heavy atom. The zero-order valence-corrected chi connectivity index (χ0v) is 15.5. The van der Waals surface area contributed by atoms with Crippen molar-refractivity contribution in [3.05, 3.63) is 46.0 Å². The van der Waals surface area contributed by atoms with Crippen molar-refractivity contribution >= 4 is 23.0 Å². The number of hydrogen-bond acceptors (Lipinski definition) is 7. The van der Waals surface area contributed by atoms with Gasteiger partial charge in [0.05, 0.1) is 38.9 Å². The van der Waals surface area contributed by atoms with Gasteiger partial charge in [0.1, 0.15) is 11.4 Å². The second kappa shape index (κ2) is 8.75. The number of amides is 1. The van der Waals surface area contributed by atoms with E-state index in [-0.39, 0.29) is 17.9 Å². The van der Waals surface area contributed by atoms with Gasteiger partial charge in [0.25, 0.3) is 5.69 Å². The van der Waals surface area contributed by atoms with Gasteiger partial charge in [-0.25, -0.2) is 0 Å². The number of nitro benzene ring substituents is 1. The highest BCUT2D eigenvalue weighted by Gasteiger charge is 2.17. The molecule has 2 aromatic carbocycles. The van der Waals surface area contributed by atoms with Crippen molar-refractivity contribution < 1.29 is 23.9 Å². The first kappa shape index (κ1) is 19.8. The second-order valence-corrected chi connectivity index (χ2v) is 5.56. The summed E-state index contributed by atoms with van der Waals surface area (Å²) in [5, 5.41) is 16.7. The molecule has 0 spiro atoms. The molecule has 9 heteroatoms. The van der Waals surface area contributed by atoms with Crippen LogP contribution >= 0.6 is 0 Å². The first-order chi connectivity index (χ1) is 12.9.